The van der Waals surface area contributed by atoms with E-state index in [1.807, 2.05) is 0 Å². The SMILES string of the molecule is NCCc1cc(Br)c(OCCc2cccs2)c(Br)c1. The maximum atomic E-state index is 5.86. The lowest BCUT2D eigenvalue weighted by molar-refractivity contribution is 0.319. The Balaban J connectivity index is 1.99. The molecule has 0 bridgehead atoms. The van der Waals surface area contributed by atoms with Gasteiger partial charge >= 0.3 is 0 Å². The predicted octanol–water partition coefficient (Wildman–Crippen LogP) is 4.40. The summed E-state index contributed by atoms with van der Waals surface area (Å²) >= 11 is 8.87. The van der Waals surface area contributed by atoms with Crippen LogP contribution < -0.4 is 10.5 Å². The van der Waals surface area contributed by atoms with Crippen molar-refractivity contribution < 1.29 is 4.74 Å². The minimum absolute atomic E-state index is 0.650. The Morgan fingerprint density at radius 3 is 2.47 bits per heavy atom. The predicted molar refractivity (Wildman–Crippen MR) is 88.1 cm³/mol. The van der Waals surface area contributed by atoms with Crippen LogP contribution in [0.25, 0.3) is 0 Å². The van der Waals surface area contributed by atoms with Gasteiger partial charge < -0.3 is 10.5 Å². The lowest BCUT2D eigenvalue weighted by atomic mass is 10.1. The quantitative estimate of drug-likeness (QED) is 0.774. The van der Waals surface area contributed by atoms with Gasteiger partial charge in [0.25, 0.3) is 0 Å². The smallest absolute Gasteiger partial charge is 0.147 e. The zero-order valence-corrected chi connectivity index (χ0v) is 14.4. The second-order valence-electron chi connectivity index (χ2n) is 4.11. The van der Waals surface area contributed by atoms with E-state index in [9.17, 15) is 0 Å². The molecule has 1 aromatic heterocycles. The van der Waals surface area contributed by atoms with Crippen molar-refractivity contribution in [2.75, 3.05) is 13.2 Å². The van der Waals surface area contributed by atoms with Crippen molar-refractivity contribution in [3.8, 4) is 5.75 Å². The normalized spacial score (nSPS) is 10.7. The van der Waals surface area contributed by atoms with Gasteiger partial charge in [-0.1, -0.05) is 6.07 Å². The van der Waals surface area contributed by atoms with Crippen molar-refractivity contribution in [2.45, 2.75) is 12.8 Å². The third kappa shape index (κ3) is 4.31. The fraction of sp³-hybridized carbons (Fsp3) is 0.286. The van der Waals surface area contributed by atoms with E-state index in [1.165, 1.54) is 10.4 Å². The maximum Gasteiger partial charge on any atom is 0.147 e. The highest BCUT2D eigenvalue weighted by Gasteiger charge is 2.09. The summed E-state index contributed by atoms with van der Waals surface area (Å²) in [6.07, 6.45) is 1.80. The summed E-state index contributed by atoms with van der Waals surface area (Å²) in [4.78, 5) is 1.34. The van der Waals surface area contributed by atoms with Crippen LogP contribution in [0.2, 0.25) is 0 Å². The Morgan fingerprint density at radius 2 is 1.89 bits per heavy atom. The summed E-state index contributed by atoms with van der Waals surface area (Å²) in [6, 6.07) is 8.33. The first-order valence-electron chi connectivity index (χ1n) is 6.04. The van der Waals surface area contributed by atoms with Gasteiger partial charge in [-0.2, -0.15) is 0 Å². The van der Waals surface area contributed by atoms with Crippen molar-refractivity contribution in [3.05, 3.63) is 49.0 Å². The van der Waals surface area contributed by atoms with Gasteiger partial charge in [0, 0.05) is 11.3 Å². The molecule has 0 spiro atoms. The van der Waals surface area contributed by atoms with Crippen molar-refractivity contribution in [1.29, 1.82) is 0 Å². The Hall–Kier alpha value is -0.360. The largest absolute Gasteiger partial charge is 0.491 e. The average molecular weight is 405 g/mol. The number of benzene rings is 1. The number of nitrogens with two attached hydrogens (primary N) is 1. The third-order valence-corrected chi connectivity index (χ3v) is 4.78. The van der Waals surface area contributed by atoms with Gasteiger partial charge in [-0.05, 0) is 74.0 Å². The van der Waals surface area contributed by atoms with Crippen LogP contribution in [0.5, 0.6) is 5.75 Å². The Bertz CT molecular complexity index is 505. The van der Waals surface area contributed by atoms with Crippen LogP contribution in [0.3, 0.4) is 0 Å². The van der Waals surface area contributed by atoms with Gasteiger partial charge in [-0.15, -0.1) is 11.3 Å². The Labute approximate surface area is 134 Å². The van der Waals surface area contributed by atoms with Crippen molar-refractivity contribution in [3.63, 3.8) is 0 Å². The molecule has 102 valence electrons. The lowest BCUT2D eigenvalue weighted by Crippen LogP contribution is -2.04. The van der Waals surface area contributed by atoms with Gasteiger partial charge in [0.15, 0.2) is 0 Å². The van der Waals surface area contributed by atoms with Crippen molar-refractivity contribution in [2.24, 2.45) is 5.73 Å². The summed E-state index contributed by atoms with van der Waals surface area (Å²) in [6.45, 7) is 1.32. The maximum absolute atomic E-state index is 5.86. The van der Waals surface area contributed by atoms with Crippen LogP contribution in [0.15, 0.2) is 38.6 Å². The van der Waals surface area contributed by atoms with E-state index in [-0.39, 0.29) is 0 Å². The molecular weight excluding hydrogens is 390 g/mol. The highest BCUT2D eigenvalue weighted by Crippen LogP contribution is 2.35. The molecule has 0 saturated carbocycles. The number of halogens is 2. The van der Waals surface area contributed by atoms with E-state index in [0.717, 1.165) is 27.5 Å². The van der Waals surface area contributed by atoms with Crippen LogP contribution in [0.4, 0.5) is 0 Å². The molecule has 0 unspecified atom stereocenters. The summed E-state index contributed by atoms with van der Waals surface area (Å²) < 4.78 is 7.79. The molecule has 0 saturated heterocycles. The first-order valence-corrected chi connectivity index (χ1v) is 8.50. The Morgan fingerprint density at radius 1 is 1.16 bits per heavy atom. The second kappa shape index (κ2) is 7.43. The molecule has 2 aromatic rings. The molecule has 0 fully saturated rings. The molecule has 19 heavy (non-hydrogen) atoms. The number of ether oxygens (including phenoxy) is 1. The van der Waals surface area contributed by atoms with Crippen LogP contribution in [-0.4, -0.2) is 13.2 Å². The molecule has 0 radical (unpaired) electrons. The number of hydrogen-bond acceptors (Lipinski definition) is 3. The minimum Gasteiger partial charge on any atom is -0.491 e. The lowest BCUT2D eigenvalue weighted by Gasteiger charge is -2.11. The molecule has 0 aliphatic carbocycles. The monoisotopic (exact) mass is 403 g/mol. The zero-order chi connectivity index (χ0) is 13.7. The highest BCUT2D eigenvalue weighted by molar-refractivity contribution is 9.11. The van der Waals surface area contributed by atoms with Gasteiger partial charge in [-0.3, -0.25) is 0 Å². The van der Waals surface area contributed by atoms with E-state index < -0.39 is 0 Å². The van der Waals surface area contributed by atoms with E-state index in [2.05, 4.69) is 61.5 Å². The highest BCUT2D eigenvalue weighted by atomic mass is 79.9. The number of thiophene rings is 1. The van der Waals surface area contributed by atoms with Crippen molar-refractivity contribution >= 4 is 43.2 Å². The molecule has 2 N–H and O–H groups in total. The second-order valence-corrected chi connectivity index (χ2v) is 6.85. The minimum atomic E-state index is 0.650. The summed E-state index contributed by atoms with van der Waals surface area (Å²) in [5, 5.41) is 2.09. The van der Waals surface area contributed by atoms with E-state index >= 15 is 0 Å². The fourth-order valence-electron chi connectivity index (χ4n) is 1.77. The van der Waals surface area contributed by atoms with Crippen LogP contribution >= 0.6 is 43.2 Å². The molecule has 0 aliphatic heterocycles. The molecule has 5 heteroatoms. The number of hydrogen-bond donors (Lipinski definition) is 1. The molecule has 1 heterocycles. The summed E-state index contributed by atoms with van der Waals surface area (Å²) in [7, 11) is 0. The van der Waals surface area contributed by atoms with Crippen LogP contribution in [0.1, 0.15) is 10.4 Å². The van der Waals surface area contributed by atoms with E-state index in [0.29, 0.717) is 13.2 Å². The standard InChI is InChI=1S/C14H15Br2NOS/c15-12-8-10(3-5-17)9-13(16)14(12)18-6-4-11-2-1-7-19-11/h1-2,7-9H,3-6,17H2. The zero-order valence-electron chi connectivity index (χ0n) is 10.4. The number of rotatable bonds is 6. The first kappa shape index (κ1) is 15.0. The molecule has 0 atom stereocenters. The topological polar surface area (TPSA) is 35.2 Å². The van der Waals surface area contributed by atoms with Crippen LogP contribution in [-0.2, 0) is 12.8 Å². The van der Waals surface area contributed by atoms with Crippen molar-refractivity contribution in [1.82, 2.24) is 0 Å². The van der Waals surface area contributed by atoms with Crippen LogP contribution in [0, 0.1) is 0 Å². The molecular formula is C14H15Br2NOS. The molecule has 1 aromatic carbocycles. The van der Waals surface area contributed by atoms with Gasteiger partial charge in [0.1, 0.15) is 5.75 Å². The molecule has 0 aliphatic rings. The average Bonchev–Trinajstić information content (AvgIpc) is 2.86. The summed E-state index contributed by atoms with van der Waals surface area (Å²) in [5.41, 5.74) is 6.77. The first-order chi connectivity index (χ1) is 9.20. The molecule has 0 amide bonds. The van der Waals surface area contributed by atoms with E-state index in [4.69, 9.17) is 10.5 Å². The fourth-order valence-corrected chi connectivity index (χ4v) is 3.97. The summed E-state index contributed by atoms with van der Waals surface area (Å²) in [5.74, 6) is 0.859. The Kier molecular flexibility index (Phi) is 5.88. The molecule has 2 rings (SSSR count). The van der Waals surface area contributed by atoms with Gasteiger partial charge in [0.05, 0.1) is 15.6 Å². The van der Waals surface area contributed by atoms with E-state index in [1.54, 1.807) is 11.3 Å². The van der Waals surface area contributed by atoms with Gasteiger partial charge in [0.2, 0.25) is 0 Å². The third-order valence-electron chi connectivity index (χ3n) is 2.67. The molecule has 2 nitrogen and oxygen atoms in total. The van der Waals surface area contributed by atoms with Gasteiger partial charge in [-0.25, -0.2) is 0 Å².